The number of phenols is 5. The number of likely N-dealkylation sites (N-methyl/N-ethyl adjacent to an activating group) is 1. The number of nitrogens with one attached hydrogen (secondary N) is 1. The second-order valence-electron chi connectivity index (χ2n) is 38.3. The van der Waals surface area contributed by atoms with Crippen LogP contribution >= 0.6 is 0 Å². The minimum absolute atomic E-state index is 0.0771. The average molecular weight is 1650 g/mol. The Bertz CT molecular complexity index is 5250. The smallest absolute Gasteiger partial charge is 0.271 e. The number of aliphatic hydroxyl groups is 1. The lowest BCUT2D eigenvalue weighted by atomic mass is 9.52. The summed E-state index contributed by atoms with van der Waals surface area (Å²) in [7, 11) is 14.5. The fraction of sp³-hybridized carbons (Fsp3) is 0.481. The van der Waals surface area contributed by atoms with Crippen molar-refractivity contribution >= 4 is 33.5 Å². The third-order valence-corrected chi connectivity index (χ3v) is 30.1. The zero-order chi connectivity index (χ0) is 86.3. The predicted octanol–water partition coefficient (Wildman–Crippen LogP) is 16.7. The molecule has 0 unspecified atom stereocenters. The highest BCUT2D eigenvalue weighted by Gasteiger charge is 2.57. The summed E-state index contributed by atoms with van der Waals surface area (Å²) in [6.45, 7) is 20.5. The van der Waals surface area contributed by atoms with Crippen LogP contribution < -0.4 is 4.74 Å². The monoisotopic (exact) mass is 1650 g/mol. The van der Waals surface area contributed by atoms with E-state index in [4.69, 9.17) is 14.7 Å². The number of aromatic amines is 1. The molecular formula is C104H131N9O9. The van der Waals surface area contributed by atoms with E-state index in [9.17, 15) is 40.2 Å². The SMILES string of the molecule is CCC(=O)C1(c2cccc(O)c2)CCN(C)CC1.CN(C)C[C@H]1CCCC[C@]1(O)c1cccc(O)c1.CN1CC[C@@]2(c3cccc(O)c3)Cc3nc4ccccc4cc3C[C@@H]2C1.CN1CC[C@]2(c3cccc(O)c3)Cc3nc4ccccc4cc3C[C@H]2C1.COc1ccc2c(c1O)[C@]13CCN(C)[C@H](C2)[C@@H]1Cc1c([nH]c(C(=O)N(C(C)C)C(C)C)c1C)C3. The molecule has 9 aliphatic rings. The first-order valence-corrected chi connectivity index (χ1v) is 45.0. The third kappa shape index (κ3) is 17.0. The Balaban J connectivity index is 0.000000121. The van der Waals surface area contributed by atoms with E-state index in [1.165, 1.54) is 67.7 Å². The lowest BCUT2D eigenvalue weighted by Gasteiger charge is -2.58. The summed E-state index contributed by atoms with van der Waals surface area (Å²) in [5.41, 5.74) is 17.3. The fourth-order valence-corrected chi connectivity index (χ4v) is 23.6. The van der Waals surface area contributed by atoms with E-state index in [1.807, 2.05) is 80.5 Å². The van der Waals surface area contributed by atoms with Crippen LogP contribution in [0.15, 0.2) is 170 Å². The van der Waals surface area contributed by atoms with Crippen LogP contribution in [-0.4, -0.2) is 207 Å². The molecule has 5 aliphatic carbocycles. The molecule has 18 heteroatoms. The number of hydrogen-bond acceptors (Lipinski definition) is 16. The Hall–Kier alpha value is -9.66. The number of aromatic hydroxyl groups is 5. The molecule has 0 spiro atoms. The summed E-state index contributed by atoms with van der Waals surface area (Å²) < 4.78 is 5.52. The van der Waals surface area contributed by atoms with Gasteiger partial charge in [0.1, 0.15) is 34.5 Å². The number of rotatable bonds is 12. The fourth-order valence-electron chi connectivity index (χ4n) is 23.6. The number of para-hydroxylation sites is 2. The number of hydrogen-bond donors (Lipinski definition) is 7. The molecule has 5 fully saturated rings. The normalized spacial score (nSPS) is 25.2. The molecule has 122 heavy (non-hydrogen) atoms. The van der Waals surface area contributed by atoms with Crippen molar-refractivity contribution in [3.63, 3.8) is 0 Å². The van der Waals surface area contributed by atoms with Gasteiger partial charge in [-0.3, -0.25) is 19.6 Å². The number of carbonyl (C=O) groups is 2. The van der Waals surface area contributed by atoms with Crippen LogP contribution in [-0.2, 0) is 77.0 Å². The molecule has 646 valence electrons. The number of methoxy groups -OCH3 is 1. The largest absolute Gasteiger partial charge is 0.508 e. The van der Waals surface area contributed by atoms with Gasteiger partial charge in [0.2, 0.25) is 0 Å². The van der Waals surface area contributed by atoms with Crippen LogP contribution in [0, 0.1) is 30.6 Å². The van der Waals surface area contributed by atoms with Gasteiger partial charge in [-0.2, -0.15) is 0 Å². The highest BCUT2D eigenvalue weighted by molar-refractivity contribution is 5.95. The highest BCUT2D eigenvalue weighted by atomic mass is 16.5. The number of piperidine rings is 4. The summed E-state index contributed by atoms with van der Waals surface area (Å²) in [5, 5.41) is 64.3. The molecule has 7 N–H and O–H groups in total. The van der Waals surface area contributed by atoms with Gasteiger partial charge in [-0.05, 0) is 333 Å². The van der Waals surface area contributed by atoms with Gasteiger partial charge in [0.05, 0.1) is 29.2 Å². The average Bonchev–Trinajstić information content (AvgIpc) is 1.24. The maximum absolute atomic E-state index is 13.6. The quantitative estimate of drug-likeness (QED) is 0.0604. The lowest BCUT2D eigenvalue weighted by molar-refractivity contribution is -0.126. The Morgan fingerprint density at radius 2 is 1.05 bits per heavy atom. The van der Waals surface area contributed by atoms with Gasteiger partial charge in [-0.15, -0.1) is 0 Å². The minimum atomic E-state index is -0.790. The maximum Gasteiger partial charge on any atom is 0.271 e. The van der Waals surface area contributed by atoms with Crippen LogP contribution in [0.3, 0.4) is 0 Å². The number of likely N-dealkylation sites (tertiary alicyclic amines) is 4. The number of H-pyrrole nitrogens is 1. The number of benzene rings is 7. The van der Waals surface area contributed by atoms with Crippen LogP contribution in [0.5, 0.6) is 34.5 Å². The summed E-state index contributed by atoms with van der Waals surface area (Å²) in [4.78, 5) is 53.5. The lowest BCUT2D eigenvalue weighted by Crippen LogP contribution is -2.61. The van der Waals surface area contributed by atoms with Crippen molar-refractivity contribution in [3.05, 3.63) is 248 Å². The van der Waals surface area contributed by atoms with E-state index in [0.29, 0.717) is 59.0 Å². The van der Waals surface area contributed by atoms with Crippen molar-refractivity contribution in [3.8, 4) is 34.5 Å². The van der Waals surface area contributed by atoms with Gasteiger partial charge in [0.15, 0.2) is 11.5 Å². The zero-order valence-corrected chi connectivity index (χ0v) is 74.4. The van der Waals surface area contributed by atoms with E-state index >= 15 is 0 Å². The number of aromatic nitrogens is 3. The van der Waals surface area contributed by atoms with Crippen molar-refractivity contribution in [2.24, 2.45) is 23.7 Å². The maximum atomic E-state index is 13.6. The molecule has 4 saturated heterocycles. The van der Waals surface area contributed by atoms with Crippen molar-refractivity contribution in [2.75, 3.05) is 102 Å². The molecule has 3 aromatic heterocycles. The van der Waals surface area contributed by atoms with Crippen LogP contribution in [0.25, 0.3) is 21.8 Å². The molecule has 19 rings (SSSR count). The molecule has 18 nitrogen and oxygen atoms in total. The number of nitrogens with zero attached hydrogens (tertiary/aromatic N) is 8. The van der Waals surface area contributed by atoms with E-state index < -0.39 is 5.60 Å². The number of ether oxygens (including phenoxy) is 1. The molecule has 0 radical (unpaired) electrons. The number of Topliss-reactive ketones (excluding diaryl/α,β-unsaturated/α-hetero) is 1. The molecule has 7 heterocycles. The van der Waals surface area contributed by atoms with Crippen LogP contribution in [0.2, 0.25) is 0 Å². The first-order chi connectivity index (χ1) is 58.5. The molecule has 10 aromatic rings. The number of fused-ring (bicyclic) bond motifs is 8. The van der Waals surface area contributed by atoms with E-state index in [2.05, 4.69) is 171 Å². The molecular weight excluding hydrogens is 1520 g/mol. The van der Waals surface area contributed by atoms with E-state index in [1.54, 1.807) is 43.5 Å². The Morgan fingerprint density at radius 1 is 0.549 bits per heavy atom. The Morgan fingerprint density at radius 3 is 1.57 bits per heavy atom. The molecule has 9 atom stereocenters. The summed E-state index contributed by atoms with van der Waals surface area (Å²) in [6.07, 6.45) is 16.3. The number of carbonyl (C=O) groups excluding carboxylic acids is 2. The van der Waals surface area contributed by atoms with E-state index in [-0.39, 0.29) is 57.1 Å². The number of phenolic OH excluding ortho intramolecular Hbond substituents is 5. The van der Waals surface area contributed by atoms with Crippen molar-refractivity contribution in [1.82, 2.24) is 44.4 Å². The predicted molar refractivity (Wildman–Crippen MR) is 487 cm³/mol. The summed E-state index contributed by atoms with van der Waals surface area (Å²) >= 11 is 0. The first kappa shape index (κ1) is 87.2. The second-order valence-corrected chi connectivity index (χ2v) is 38.3. The van der Waals surface area contributed by atoms with Gasteiger partial charge in [-0.1, -0.05) is 111 Å². The Labute approximate surface area is 723 Å². The summed E-state index contributed by atoms with van der Waals surface area (Å²) in [6, 6.07) is 56.4. The van der Waals surface area contributed by atoms with Gasteiger partial charge < -0.3 is 69.8 Å². The van der Waals surface area contributed by atoms with Gasteiger partial charge in [0.25, 0.3) is 5.91 Å². The van der Waals surface area contributed by atoms with Crippen molar-refractivity contribution < 1.29 is 45.0 Å². The minimum Gasteiger partial charge on any atom is -0.508 e. The number of ketones is 1. The molecule has 2 bridgehead atoms. The second kappa shape index (κ2) is 35.9. The van der Waals surface area contributed by atoms with Crippen molar-refractivity contribution in [2.45, 2.75) is 196 Å². The van der Waals surface area contributed by atoms with Crippen LogP contribution in [0.4, 0.5) is 0 Å². The molecule has 4 aliphatic heterocycles. The molecule has 7 aromatic carbocycles. The number of pyridine rings is 2. The summed E-state index contributed by atoms with van der Waals surface area (Å²) in [5.74, 6) is 4.19. The molecule has 1 amide bonds. The standard InChI is InChI=1S/C28H39N3O3.2C23H24N2O.C15H23NO2.C15H21NO2/c1-15(2)31(16(3)4)27(33)25-17(5)19-13-20-22-12-18-8-9-23(34-7)26(32)24(18)28(20,10-11-30(22)6)14-21(19)29-25;2*1-25-10-9-23(18-6-4-7-20(26)13-18)14-22-17(12-19(23)15-25)11-16-5-2-3-8-21(16)24-22;1-16(2)11-13-6-3-4-9-15(13,18)12-7-5-8-14(17)10-12;1-3-14(18)15(7-9-16(2)10-8-15)12-5-4-6-13(17)11-12/h8-9,15-16,20,22,29,32H,10-14H2,1-7H3;2*2-8,11,13,19,26H,9-10,12,14-15H2,1H3;5,7-8,10,13,17-18H,3-4,6,9,11H2,1-2H3;4-6,11,17H,3,7-10H2,1-2H3/t20-,22+,28-;2*19-,23+;13-,15+;/m0101./s1. The molecule has 1 saturated carbocycles. The topological polar surface area (TPSA) is 226 Å². The Kier molecular flexibility index (Phi) is 25.7. The van der Waals surface area contributed by atoms with Crippen molar-refractivity contribution in [1.29, 1.82) is 0 Å². The van der Waals surface area contributed by atoms with Gasteiger partial charge in [-0.25, -0.2) is 0 Å². The highest BCUT2D eigenvalue weighted by Crippen LogP contribution is 2.59. The number of amides is 1. The van der Waals surface area contributed by atoms with E-state index in [0.717, 1.165) is 188 Å². The zero-order valence-electron chi connectivity index (χ0n) is 74.4. The van der Waals surface area contributed by atoms with Gasteiger partial charge in [0, 0.05) is 113 Å². The van der Waals surface area contributed by atoms with Crippen LogP contribution in [0.1, 0.15) is 182 Å². The third-order valence-electron chi connectivity index (χ3n) is 30.1. The first-order valence-electron chi connectivity index (χ1n) is 45.0. The van der Waals surface area contributed by atoms with Gasteiger partial charge >= 0.3 is 0 Å².